The van der Waals surface area contributed by atoms with Crippen LogP contribution in [0, 0.1) is 0 Å². The molecular weight excluding hydrogens is 322 g/mol. The molecule has 0 bridgehead atoms. The number of thiazole rings is 1. The van der Waals surface area contributed by atoms with Gasteiger partial charge in [0.2, 0.25) is 0 Å². The molecule has 0 radical (unpaired) electrons. The van der Waals surface area contributed by atoms with E-state index in [0.717, 1.165) is 24.1 Å². The Morgan fingerprint density at radius 1 is 1.38 bits per heavy atom. The average Bonchev–Trinajstić information content (AvgIpc) is 2.94. The normalized spacial score (nSPS) is 19.7. The Hall–Kier alpha value is -1.92. The molecule has 5 nitrogen and oxygen atoms in total. The minimum Gasteiger partial charge on any atom is -0.375 e. The SMILES string of the molecule is CC1(C)CC(NC(=O)Nc2ncc(Cc3ccccc3)s2)CCO1. The zero-order chi connectivity index (χ0) is 17.0. The van der Waals surface area contributed by atoms with Crippen LogP contribution in [-0.4, -0.2) is 29.3 Å². The number of hydrogen-bond donors (Lipinski definition) is 2. The first-order chi connectivity index (χ1) is 11.5. The first-order valence-corrected chi connectivity index (χ1v) is 9.02. The quantitative estimate of drug-likeness (QED) is 0.885. The van der Waals surface area contributed by atoms with Crippen molar-refractivity contribution in [2.24, 2.45) is 0 Å². The number of benzene rings is 1. The smallest absolute Gasteiger partial charge is 0.321 e. The number of nitrogens with zero attached hydrogens (tertiary/aromatic N) is 1. The molecule has 1 aliphatic rings. The van der Waals surface area contributed by atoms with Gasteiger partial charge in [0.15, 0.2) is 5.13 Å². The molecule has 2 N–H and O–H groups in total. The van der Waals surface area contributed by atoms with Crippen molar-refractivity contribution in [2.75, 3.05) is 11.9 Å². The Balaban J connectivity index is 1.52. The highest BCUT2D eigenvalue weighted by Gasteiger charge is 2.29. The van der Waals surface area contributed by atoms with Gasteiger partial charge in [0.1, 0.15) is 0 Å². The molecule has 0 spiro atoms. The van der Waals surface area contributed by atoms with E-state index >= 15 is 0 Å². The second-order valence-corrected chi connectivity index (χ2v) is 7.81. The van der Waals surface area contributed by atoms with Crippen molar-refractivity contribution >= 4 is 22.5 Å². The van der Waals surface area contributed by atoms with E-state index in [4.69, 9.17) is 4.74 Å². The minimum absolute atomic E-state index is 0.137. The van der Waals surface area contributed by atoms with Crippen molar-refractivity contribution in [3.8, 4) is 0 Å². The monoisotopic (exact) mass is 345 g/mol. The molecule has 2 aromatic rings. The molecular formula is C18H23N3O2S. The molecule has 1 atom stereocenters. The molecule has 1 saturated heterocycles. The zero-order valence-corrected chi connectivity index (χ0v) is 14.9. The Kier molecular flexibility index (Phi) is 5.16. The second kappa shape index (κ2) is 7.32. The Morgan fingerprint density at radius 3 is 2.92 bits per heavy atom. The molecule has 1 aromatic carbocycles. The summed E-state index contributed by atoms with van der Waals surface area (Å²) < 4.78 is 5.67. The number of ether oxygens (including phenoxy) is 1. The third-order valence-electron chi connectivity index (χ3n) is 4.03. The maximum atomic E-state index is 12.2. The van der Waals surface area contributed by atoms with E-state index in [9.17, 15) is 4.79 Å². The van der Waals surface area contributed by atoms with Crippen LogP contribution >= 0.6 is 11.3 Å². The number of hydrogen-bond acceptors (Lipinski definition) is 4. The third kappa shape index (κ3) is 4.79. The van der Waals surface area contributed by atoms with Crippen LogP contribution in [0.1, 0.15) is 37.1 Å². The summed E-state index contributed by atoms with van der Waals surface area (Å²) in [5, 5.41) is 6.49. The first-order valence-electron chi connectivity index (χ1n) is 8.20. The predicted octanol–water partition coefficient (Wildman–Crippen LogP) is 3.81. The summed E-state index contributed by atoms with van der Waals surface area (Å²) in [5.41, 5.74) is 1.06. The summed E-state index contributed by atoms with van der Waals surface area (Å²) in [6, 6.07) is 10.2. The fourth-order valence-corrected chi connectivity index (χ4v) is 3.76. The summed E-state index contributed by atoms with van der Waals surface area (Å²) in [4.78, 5) is 17.6. The van der Waals surface area contributed by atoms with E-state index in [1.54, 1.807) is 0 Å². The molecule has 0 saturated carbocycles. The first kappa shape index (κ1) is 16.9. The van der Waals surface area contributed by atoms with Gasteiger partial charge in [-0.1, -0.05) is 30.3 Å². The number of rotatable bonds is 4. The van der Waals surface area contributed by atoms with Crippen molar-refractivity contribution < 1.29 is 9.53 Å². The molecule has 1 unspecified atom stereocenters. The Morgan fingerprint density at radius 2 is 2.17 bits per heavy atom. The van der Waals surface area contributed by atoms with Gasteiger partial charge in [-0.2, -0.15) is 0 Å². The van der Waals surface area contributed by atoms with Crippen LogP contribution in [0.4, 0.5) is 9.93 Å². The standard InChI is InChI=1S/C18H23N3O2S/c1-18(2)11-14(8-9-23-18)20-16(22)21-17-19-12-15(24-17)10-13-6-4-3-5-7-13/h3-7,12,14H,8-11H2,1-2H3,(H2,19,20,21,22). The van der Waals surface area contributed by atoms with Crippen LogP contribution in [0.15, 0.2) is 36.5 Å². The largest absolute Gasteiger partial charge is 0.375 e. The molecule has 2 amide bonds. The minimum atomic E-state index is -0.196. The van der Waals surface area contributed by atoms with Crippen molar-refractivity contribution in [2.45, 2.75) is 44.8 Å². The molecule has 1 aromatic heterocycles. The fourth-order valence-electron chi connectivity index (χ4n) is 2.92. The van der Waals surface area contributed by atoms with Gasteiger partial charge in [0.25, 0.3) is 0 Å². The summed E-state index contributed by atoms with van der Waals surface area (Å²) in [5.74, 6) is 0. The number of urea groups is 1. The lowest BCUT2D eigenvalue weighted by Crippen LogP contribution is -2.47. The maximum Gasteiger partial charge on any atom is 0.321 e. The summed E-state index contributed by atoms with van der Waals surface area (Å²) in [6.45, 7) is 4.78. The molecule has 2 heterocycles. The van der Waals surface area contributed by atoms with Gasteiger partial charge in [-0.3, -0.25) is 5.32 Å². The maximum absolute atomic E-state index is 12.2. The number of carbonyl (C=O) groups is 1. The highest BCUT2D eigenvalue weighted by molar-refractivity contribution is 7.15. The van der Waals surface area contributed by atoms with Crippen molar-refractivity contribution in [1.82, 2.24) is 10.3 Å². The van der Waals surface area contributed by atoms with E-state index in [2.05, 4.69) is 41.6 Å². The molecule has 128 valence electrons. The van der Waals surface area contributed by atoms with Crippen LogP contribution in [0.2, 0.25) is 0 Å². The van der Waals surface area contributed by atoms with Gasteiger partial charge in [0.05, 0.1) is 5.60 Å². The van der Waals surface area contributed by atoms with E-state index in [-0.39, 0.29) is 17.7 Å². The van der Waals surface area contributed by atoms with Crippen molar-refractivity contribution in [3.63, 3.8) is 0 Å². The lowest BCUT2D eigenvalue weighted by atomic mass is 9.94. The van der Waals surface area contributed by atoms with Crippen molar-refractivity contribution in [1.29, 1.82) is 0 Å². The predicted molar refractivity (Wildman–Crippen MR) is 96.6 cm³/mol. The highest BCUT2D eigenvalue weighted by Crippen LogP contribution is 2.24. The Labute approximate surface area is 146 Å². The lowest BCUT2D eigenvalue weighted by molar-refractivity contribution is -0.0609. The molecule has 1 fully saturated rings. The second-order valence-electron chi connectivity index (χ2n) is 6.69. The van der Waals surface area contributed by atoms with Gasteiger partial charge >= 0.3 is 6.03 Å². The number of carbonyl (C=O) groups excluding carboxylic acids is 1. The van der Waals surface area contributed by atoms with Gasteiger partial charge in [-0.05, 0) is 32.3 Å². The number of nitrogens with one attached hydrogen (secondary N) is 2. The summed E-state index contributed by atoms with van der Waals surface area (Å²) >= 11 is 1.51. The summed E-state index contributed by atoms with van der Waals surface area (Å²) in [7, 11) is 0. The van der Waals surface area contributed by atoms with E-state index < -0.39 is 0 Å². The van der Waals surface area contributed by atoms with Gasteiger partial charge in [-0.25, -0.2) is 9.78 Å². The van der Waals surface area contributed by atoms with Crippen LogP contribution in [0.25, 0.3) is 0 Å². The van der Waals surface area contributed by atoms with E-state index in [0.29, 0.717) is 11.7 Å². The fraction of sp³-hybridized carbons (Fsp3) is 0.444. The lowest BCUT2D eigenvalue weighted by Gasteiger charge is -2.35. The third-order valence-corrected chi connectivity index (χ3v) is 4.94. The van der Waals surface area contributed by atoms with Gasteiger partial charge < -0.3 is 10.1 Å². The highest BCUT2D eigenvalue weighted by atomic mass is 32.1. The van der Waals surface area contributed by atoms with Crippen LogP contribution in [-0.2, 0) is 11.2 Å². The van der Waals surface area contributed by atoms with Gasteiger partial charge in [-0.15, -0.1) is 11.3 Å². The summed E-state index contributed by atoms with van der Waals surface area (Å²) in [6.07, 6.45) is 4.31. The molecule has 0 aliphatic carbocycles. The van der Waals surface area contributed by atoms with Gasteiger partial charge in [0, 0.05) is 30.1 Å². The van der Waals surface area contributed by atoms with Crippen LogP contribution in [0.5, 0.6) is 0 Å². The number of anilines is 1. The van der Waals surface area contributed by atoms with E-state index in [1.807, 2.05) is 24.4 Å². The molecule has 3 rings (SSSR count). The van der Waals surface area contributed by atoms with Crippen LogP contribution < -0.4 is 10.6 Å². The molecule has 1 aliphatic heterocycles. The van der Waals surface area contributed by atoms with Crippen molar-refractivity contribution in [3.05, 3.63) is 47.0 Å². The number of aromatic nitrogens is 1. The zero-order valence-electron chi connectivity index (χ0n) is 14.0. The van der Waals surface area contributed by atoms with E-state index in [1.165, 1.54) is 16.9 Å². The van der Waals surface area contributed by atoms with Crippen LogP contribution in [0.3, 0.4) is 0 Å². The number of amides is 2. The molecule has 6 heteroatoms. The Bertz CT molecular complexity index is 685. The molecule has 24 heavy (non-hydrogen) atoms. The topological polar surface area (TPSA) is 63.2 Å². The average molecular weight is 345 g/mol.